The molecule has 6 saturated heterocycles. The number of rotatable bonds is 14. The second-order valence-electron chi connectivity index (χ2n) is 12.9. The zero-order valence-corrected chi connectivity index (χ0v) is 44.3. The Bertz CT molecular complexity index is 1010. The van der Waals surface area contributed by atoms with Gasteiger partial charge in [-0.05, 0) is 31.2 Å². The van der Waals surface area contributed by atoms with Crippen molar-refractivity contribution in [2.24, 2.45) is 17.8 Å². The smallest absolute Gasteiger partial charge is 0.238 e. The topological polar surface area (TPSA) is 167 Å². The summed E-state index contributed by atoms with van der Waals surface area (Å²) in [5.41, 5.74) is -1.82. The van der Waals surface area contributed by atoms with Crippen molar-refractivity contribution in [3.05, 3.63) is 31.2 Å². The molecule has 0 saturated carbocycles. The Balaban J connectivity index is 0.000000390. The number of nitrogens with zero attached hydrogens (tertiary/aromatic N) is 1. The van der Waals surface area contributed by atoms with Crippen LogP contribution in [0.3, 0.4) is 0 Å². The Morgan fingerprint density at radius 3 is 1.63 bits per heavy atom. The third-order valence-electron chi connectivity index (χ3n) is 10.4. The Labute approximate surface area is 381 Å². The SMILES string of the molecule is CC[C@]12O[CH-][C@H](OC[C@H]1COC)[C@@H]2O.COC[C@@H]1CO[C@H]2[CH-]O[C@]1(CO)[C@H]2O.[C-]#[N+]CCOP(C)O[C@H]1[C@@H]2[CH-]O[C@@]1(CC)[C@H](COC)CO2.[U].[U].[U]. The Morgan fingerprint density at radius 2 is 1.15 bits per heavy atom. The molecule has 0 aromatic heterocycles. The predicted octanol–water partition coefficient (Wildman–Crippen LogP) is 1.53. The predicted molar refractivity (Wildman–Crippen MR) is 174 cm³/mol. The molecule has 6 heterocycles. The van der Waals surface area contributed by atoms with Gasteiger partial charge in [-0.2, -0.15) is 19.8 Å². The van der Waals surface area contributed by atoms with Gasteiger partial charge in [0.05, 0.1) is 81.4 Å². The van der Waals surface area contributed by atoms with Gasteiger partial charge in [0.1, 0.15) is 6.61 Å². The molecule has 0 aromatic rings. The summed E-state index contributed by atoms with van der Waals surface area (Å²) in [7, 11) is 3.85. The first kappa shape index (κ1) is 52.5. The molecule has 6 fully saturated rings. The number of fused-ring (bicyclic) bond motifs is 6. The summed E-state index contributed by atoms with van der Waals surface area (Å²) >= 11 is 0. The largest absolute Gasteiger partial charge is 0.543 e. The van der Waals surface area contributed by atoms with E-state index in [1.807, 2.05) is 13.6 Å². The van der Waals surface area contributed by atoms with Crippen molar-refractivity contribution >= 4 is 8.38 Å². The van der Waals surface area contributed by atoms with E-state index in [9.17, 15) is 15.3 Å². The van der Waals surface area contributed by atoms with Crippen LogP contribution in [0.25, 0.3) is 4.85 Å². The fourth-order valence-electron chi connectivity index (χ4n) is 7.48. The van der Waals surface area contributed by atoms with Gasteiger partial charge in [0.15, 0.2) is 8.38 Å². The van der Waals surface area contributed by atoms with E-state index >= 15 is 0 Å². The molecule has 0 amide bonds. The van der Waals surface area contributed by atoms with Gasteiger partial charge in [-0.15, -0.1) is 0 Å². The first-order chi connectivity index (χ1) is 23.7. The quantitative estimate of drug-likeness (QED) is 0.130. The first-order valence-corrected chi connectivity index (χ1v) is 18.5. The maximum absolute atomic E-state index is 10.0. The molecule has 296 valence electrons. The summed E-state index contributed by atoms with van der Waals surface area (Å²) < 4.78 is 60.7. The van der Waals surface area contributed by atoms with Gasteiger partial charge in [-0.3, -0.25) is 0 Å². The molecular weight excluding hydrogens is 1380 g/mol. The van der Waals surface area contributed by atoms with Crippen LogP contribution in [0.5, 0.6) is 0 Å². The van der Waals surface area contributed by atoms with Crippen LogP contribution in [-0.2, 0) is 51.7 Å². The van der Waals surface area contributed by atoms with Crippen molar-refractivity contribution in [3.63, 3.8) is 0 Å². The van der Waals surface area contributed by atoms with Crippen molar-refractivity contribution in [1.29, 1.82) is 0 Å². The summed E-state index contributed by atoms with van der Waals surface area (Å²) in [5, 5.41) is 29.2. The fraction of sp³-hybridized carbons (Fsp3) is 0.879. The molecule has 19 heteroatoms. The second kappa shape index (κ2) is 25.2. The third kappa shape index (κ3) is 11.4. The maximum atomic E-state index is 10.0. The number of ether oxygens (including phenoxy) is 9. The third-order valence-corrected chi connectivity index (χ3v) is 11.5. The van der Waals surface area contributed by atoms with Crippen LogP contribution in [0.15, 0.2) is 0 Å². The monoisotopic (exact) mass is 1430 g/mol. The van der Waals surface area contributed by atoms with E-state index in [-0.39, 0.29) is 136 Å². The van der Waals surface area contributed by atoms with E-state index in [4.69, 9.17) is 58.3 Å². The Morgan fingerprint density at radius 1 is 0.731 bits per heavy atom. The molecule has 0 aliphatic carbocycles. The van der Waals surface area contributed by atoms with Crippen LogP contribution in [0.1, 0.15) is 26.7 Å². The zero-order chi connectivity index (χ0) is 35.7. The van der Waals surface area contributed by atoms with Crippen LogP contribution < -0.4 is 0 Å². The molecule has 13 atom stereocenters. The summed E-state index contributed by atoms with van der Waals surface area (Å²) in [6, 6.07) is 0. The molecular formula is C33H55NO14PU3-3. The molecule has 6 aliphatic heterocycles. The van der Waals surface area contributed by atoms with Crippen LogP contribution >= 0.6 is 8.38 Å². The van der Waals surface area contributed by atoms with E-state index in [1.54, 1.807) is 34.5 Å². The number of aliphatic hydroxyl groups excluding tert-OH is 3. The normalized spacial score (nSPS) is 40.0. The molecule has 52 heavy (non-hydrogen) atoms. The summed E-state index contributed by atoms with van der Waals surface area (Å²) in [6.45, 7) is 21.3. The van der Waals surface area contributed by atoms with Crippen molar-refractivity contribution in [2.75, 3.05) is 87.4 Å². The van der Waals surface area contributed by atoms with Gasteiger partial charge in [0.25, 0.3) is 0 Å². The van der Waals surface area contributed by atoms with Gasteiger partial charge in [0.2, 0.25) is 6.54 Å². The van der Waals surface area contributed by atoms with Crippen LogP contribution in [0.4, 0.5) is 0 Å². The maximum Gasteiger partial charge on any atom is 0.238 e. The molecule has 6 aliphatic rings. The second-order valence-corrected chi connectivity index (χ2v) is 14.3. The Hall–Kier alpha value is 2.52. The van der Waals surface area contributed by atoms with Gasteiger partial charge in [-0.1, -0.05) is 13.8 Å². The first-order valence-electron chi connectivity index (χ1n) is 16.8. The standard InChI is InChI=1S/C14H23NO5P.C10H17O4.C9H15O5.3U/c1-5-14-11(8-16-3)9-17-12(10-18-14)13(14)20-21(4)19-7-6-15-2;1-3-10-7(4-12-2)5-13-8(6-14-10)9(10)11;1-12-2-6-3-13-7-4-14-9(6,5-10)8(7)11;;;/h10-13H,5-9H2,1,3-4H3;6-9,11H,3-5H2,1-2H3;4,6-8,10-11H,2-3,5H2,1H3;;;/q3*-1;;;/t11-,12+,13+,14+,21?;7-,8+,9+,10+;6-,7+,8+,9+;;;/m111.../s1. The molecule has 0 aromatic carbocycles. The minimum absolute atomic E-state index is 0. The number of aliphatic hydroxyl groups is 3. The minimum atomic E-state index is -1.06. The van der Waals surface area contributed by atoms with Crippen molar-refractivity contribution in [2.45, 2.75) is 80.1 Å². The van der Waals surface area contributed by atoms with Crippen LogP contribution in [0.2, 0.25) is 0 Å². The molecule has 15 nitrogen and oxygen atoms in total. The molecule has 0 radical (unpaired) electrons. The zero-order valence-electron chi connectivity index (χ0n) is 30.9. The molecule has 3 N–H and O–H groups in total. The fourth-order valence-corrected chi connectivity index (χ4v) is 8.50. The van der Waals surface area contributed by atoms with Crippen molar-refractivity contribution < 1.29 is 160 Å². The summed E-state index contributed by atoms with van der Waals surface area (Å²) in [5.74, 6) is 0.115. The Kier molecular flexibility index (Phi) is 25.5. The van der Waals surface area contributed by atoms with Gasteiger partial charge in [-0.25, -0.2) is 6.57 Å². The average Bonchev–Trinajstić information content (AvgIpc) is 3.55. The van der Waals surface area contributed by atoms with E-state index < -0.39 is 43.5 Å². The van der Waals surface area contributed by atoms with Gasteiger partial charge >= 0.3 is 0 Å². The van der Waals surface area contributed by atoms with Crippen LogP contribution in [-0.4, -0.2) is 156 Å². The van der Waals surface area contributed by atoms with E-state index in [0.717, 1.165) is 12.8 Å². The number of hydrogen-bond acceptors (Lipinski definition) is 14. The van der Waals surface area contributed by atoms with Crippen LogP contribution in [0, 0.1) is 137 Å². The molecule has 0 spiro atoms. The summed E-state index contributed by atoms with van der Waals surface area (Å²) in [6.07, 6.45) is -0.778. The average molecular weight is 1430 g/mol. The molecule has 6 bridgehead atoms. The van der Waals surface area contributed by atoms with Crippen molar-refractivity contribution in [3.8, 4) is 0 Å². The molecule has 6 rings (SSSR count). The van der Waals surface area contributed by atoms with Gasteiger partial charge < -0.3 is 71.8 Å². The minimum Gasteiger partial charge on any atom is -0.543 e. The van der Waals surface area contributed by atoms with E-state index in [2.05, 4.69) is 11.8 Å². The summed E-state index contributed by atoms with van der Waals surface area (Å²) in [4.78, 5) is 3.27. The van der Waals surface area contributed by atoms with Gasteiger partial charge in [0, 0.05) is 139 Å². The number of methoxy groups -OCH3 is 3. The van der Waals surface area contributed by atoms with E-state index in [1.165, 1.54) is 6.61 Å². The van der Waals surface area contributed by atoms with Crippen molar-refractivity contribution in [1.82, 2.24) is 0 Å². The van der Waals surface area contributed by atoms with E-state index in [0.29, 0.717) is 52.8 Å². The molecule has 1 unspecified atom stereocenters. The number of hydrogen-bond donors (Lipinski definition) is 3.